The molecular weight excluding hydrogens is 174 g/mol. The fourth-order valence-corrected chi connectivity index (χ4v) is 2.07. The molecule has 1 heterocycles. The Morgan fingerprint density at radius 2 is 1.92 bits per heavy atom. The van der Waals surface area contributed by atoms with Crippen molar-refractivity contribution >= 4 is 23.8 Å². The van der Waals surface area contributed by atoms with Gasteiger partial charge < -0.3 is 0 Å². The highest BCUT2D eigenvalue weighted by Crippen LogP contribution is 2.21. The second-order valence-corrected chi connectivity index (χ2v) is 3.80. The zero-order valence-electron chi connectivity index (χ0n) is 7.21. The van der Waals surface area contributed by atoms with Crippen LogP contribution in [0.5, 0.6) is 0 Å². The molecule has 0 N–H and O–H groups in total. The zero-order valence-corrected chi connectivity index (χ0v) is 8.02. The standard InChI is InChI=1S/C8H13NO2S/c1-2-3-6-12-9-7(10)4-5-8(9)11/h2-6H2,1H3. The highest BCUT2D eigenvalue weighted by Gasteiger charge is 2.28. The molecule has 0 aromatic rings. The summed E-state index contributed by atoms with van der Waals surface area (Å²) in [6.07, 6.45) is 2.96. The molecule has 0 bridgehead atoms. The summed E-state index contributed by atoms with van der Waals surface area (Å²) in [5.74, 6) is 0.816. The van der Waals surface area contributed by atoms with Crippen molar-refractivity contribution in [3.8, 4) is 0 Å². The molecule has 68 valence electrons. The molecule has 0 radical (unpaired) electrons. The topological polar surface area (TPSA) is 37.4 Å². The number of carbonyl (C=O) groups is 2. The quantitative estimate of drug-likeness (QED) is 0.381. The van der Waals surface area contributed by atoms with Gasteiger partial charge >= 0.3 is 0 Å². The highest BCUT2D eigenvalue weighted by molar-refractivity contribution is 7.98. The van der Waals surface area contributed by atoms with Gasteiger partial charge in [-0.2, -0.15) is 0 Å². The third kappa shape index (κ3) is 2.24. The van der Waals surface area contributed by atoms with E-state index in [1.165, 1.54) is 16.3 Å². The molecule has 0 aliphatic carbocycles. The number of unbranched alkanes of at least 4 members (excludes halogenated alkanes) is 1. The Morgan fingerprint density at radius 3 is 2.42 bits per heavy atom. The van der Waals surface area contributed by atoms with E-state index < -0.39 is 0 Å². The molecule has 0 atom stereocenters. The molecule has 4 heteroatoms. The summed E-state index contributed by atoms with van der Waals surface area (Å²) in [7, 11) is 0. The van der Waals surface area contributed by atoms with Gasteiger partial charge in [0, 0.05) is 18.6 Å². The third-order valence-electron chi connectivity index (χ3n) is 1.72. The highest BCUT2D eigenvalue weighted by atomic mass is 32.2. The molecular formula is C8H13NO2S. The fraction of sp³-hybridized carbons (Fsp3) is 0.750. The summed E-state index contributed by atoms with van der Waals surface area (Å²) in [6.45, 7) is 2.09. The zero-order chi connectivity index (χ0) is 8.97. The van der Waals surface area contributed by atoms with Gasteiger partial charge in [-0.1, -0.05) is 13.3 Å². The first-order valence-corrected chi connectivity index (χ1v) is 5.18. The molecule has 0 saturated carbocycles. The van der Waals surface area contributed by atoms with Crippen molar-refractivity contribution in [2.75, 3.05) is 5.75 Å². The number of hydrogen-bond acceptors (Lipinski definition) is 3. The van der Waals surface area contributed by atoms with E-state index in [1.807, 2.05) is 0 Å². The fourth-order valence-electron chi connectivity index (χ4n) is 1.00. The summed E-state index contributed by atoms with van der Waals surface area (Å²) in [5, 5.41) is 0. The van der Waals surface area contributed by atoms with E-state index in [0.29, 0.717) is 12.8 Å². The van der Waals surface area contributed by atoms with Gasteiger partial charge in [-0.15, -0.1) is 0 Å². The maximum atomic E-state index is 11.1. The molecule has 1 aliphatic rings. The normalized spacial score (nSPS) is 17.6. The van der Waals surface area contributed by atoms with E-state index in [-0.39, 0.29) is 11.8 Å². The van der Waals surface area contributed by atoms with Crippen molar-refractivity contribution in [3.63, 3.8) is 0 Å². The van der Waals surface area contributed by atoms with Crippen molar-refractivity contribution in [1.29, 1.82) is 0 Å². The van der Waals surface area contributed by atoms with Gasteiger partial charge in [0.05, 0.1) is 0 Å². The van der Waals surface area contributed by atoms with Gasteiger partial charge in [0.1, 0.15) is 0 Å². The molecule has 1 rings (SSSR count). The number of nitrogens with zero attached hydrogens (tertiary/aromatic N) is 1. The monoisotopic (exact) mass is 187 g/mol. The number of amides is 2. The average molecular weight is 187 g/mol. The van der Waals surface area contributed by atoms with Gasteiger partial charge in [0.2, 0.25) is 11.8 Å². The lowest BCUT2D eigenvalue weighted by atomic mass is 10.4. The Morgan fingerprint density at radius 1 is 1.33 bits per heavy atom. The van der Waals surface area contributed by atoms with Crippen LogP contribution in [0.3, 0.4) is 0 Å². The maximum Gasteiger partial charge on any atom is 0.239 e. The SMILES string of the molecule is CCCCSN1C(=O)CCC1=O. The summed E-state index contributed by atoms with van der Waals surface area (Å²) < 4.78 is 1.32. The lowest BCUT2D eigenvalue weighted by Gasteiger charge is -2.10. The molecule has 0 aromatic heterocycles. The summed E-state index contributed by atoms with van der Waals surface area (Å²) >= 11 is 1.36. The predicted molar refractivity (Wildman–Crippen MR) is 48.5 cm³/mol. The van der Waals surface area contributed by atoms with Crippen LogP contribution in [0.25, 0.3) is 0 Å². The minimum Gasteiger partial charge on any atom is -0.273 e. The van der Waals surface area contributed by atoms with Crippen LogP contribution in [0.4, 0.5) is 0 Å². The van der Waals surface area contributed by atoms with Gasteiger partial charge in [-0.3, -0.25) is 9.59 Å². The van der Waals surface area contributed by atoms with E-state index in [2.05, 4.69) is 6.92 Å². The Labute approximate surface area is 76.6 Å². The van der Waals surface area contributed by atoms with Crippen LogP contribution in [0, 0.1) is 0 Å². The molecule has 0 unspecified atom stereocenters. The second-order valence-electron chi connectivity index (χ2n) is 2.77. The number of carbonyl (C=O) groups excluding carboxylic acids is 2. The first kappa shape index (κ1) is 9.58. The summed E-state index contributed by atoms with van der Waals surface area (Å²) in [5.41, 5.74) is 0. The molecule has 0 aromatic carbocycles. The van der Waals surface area contributed by atoms with Crippen LogP contribution in [-0.2, 0) is 9.59 Å². The Kier molecular flexibility index (Phi) is 3.59. The first-order valence-electron chi connectivity index (χ1n) is 4.24. The second kappa shape index (κ2) is 4.50. The lowest BCUT2D eigenvalue weighted by Crippen LogP contribution is -2.21. The third-order valence-corrected chi connectivity index (χ3v) is 2.86. The van der Waals surface area contributed by atoms with Crippen LogP contribution in [0.1, 0.15) is 32.6 Å². The summed E-state index contributed by atoms with van der Waals surface area (Å²) in [6, 6.07) is 0. The maximum absolute atomic E-state index is 11.1. The summed E-state index contributed by atoms with van der Waals surface area (Å²) in [4.78, 5) is 22.1. The van der Waals surface area contributed by atoms with Crippen LogP contribution in [-0.4, -0.2) is 21.9 Å². The van der Waals surface area contributed by atoms with E-state index in [0.717, 1.165) is 18.6 Å². The number of imide groups is 1. The van der Waals surface area contributed by atoms with Gasteiger partial charge in [0.15, 0.2) is 0 Å². The smallest absolute Gasteiger partial charge is 0.239 e. The first-order chi connectivity index (χ1) is 5.75. The van der Waals surface area contributed by atoms with Gasteiger partial charge in [0.25, 0.3) is 0 Å². The number of rotatable bonds is 4. The van der Waals surface area contributed by atoms with Crippen LogP contribution < -0.4 is 0 Å². The van der Waals surface area contributed by atoms with E-state index in [1.54, 1.807) is 0 Å². The van der Waals surface area contributed by atoms with Crippen molar-refractivity contribution in [2.45, 2.75) is 32.6 Å². The molecule has 3 nitrogen and oxygen atoms in total. The number of hydrogen-bond donors (Lipinski definition) is 0. The average Bonchev–Trinajstić information content (AvgIpc) is 2.35. The van der Waals surface area contributed by atoms with Crippen molar-refractivity contribution in [1.82, 2.24) is 4.31 Å². The molecule has 1 saturated heterocycles. The van der Waals surface area contributed by atoms with Crippen molar-refractivity contribution in [3.05, 3.63) is 0 Å². The van der Waals surface area contributed by atoms with Crippen molar-refractivity contribution < 1.29 is 9.59 Å². The Bertz CT molecular complexity index is 177. The molecule has 2 amide bonds. The molecule has 0 spiro atoms. The van der Waals surface area contributed by atoms with E-state index in [9.17, 15) is 9.59 Å². The lowest BCUT2D eigenvalue weighted by molar-refractivity contribution is -0.131. The predicted octanol–water partition coefficient (Wildman–Crippen LogP) is 1.58. The van der Waals surface area contributed by atoms with E-state index in [4.69, 9.17) is 0 Å². The van der Waals surface area contributed by atoms with Crippen LogP contribution >= 0.6 is 11.9 Å². The molecule has 12 heavy (non-hydrogen) atoms. The van der Waals surface area contributed by atoms with Crippen LogP contribution in [0.15, 0.2) is 0 Å². The molecule has 1 aliphatic heterocycles. The minimum absolute atomic E-state index is 0.0268. The molecule has 1 fully saturated rings. The minimum atomic E-state index is -0.0268. The van der Waals surface area contributed by atoms with Gasteiger partial charge in [-0.25, -0.2) is 4.31 Å². The largest absolute Gasteiger partial charge is 0.273 e. The van der Waals surface area contributed by atoms with E-state index >= 15 is 0 Å². The Balaban J connectivity index is 2.30. The van der Waals surface area contributed by atoms with Crippen LogP contribution in [0.2, 0.25) is 0 Å². The van der Waals surface area contributed by atoms with Crippen molar-refractivity contribution in [2.24, 2.45) is 0 Å². The van der Waals surface area contributed by atoms with Gasteiger partial charge in [-0.05, 0) is 18.4 Å². The Hall–Kier alpha value is -0.510.